The van der Waals surface area contributed by atoms with E-state index in [0.29, 0.717) is 22.2 Å². The molecule has 0 heterocycles. The van der Waals surface area contributed by atoms with E-state index in [0.717, 1.165) is 16.1 Å². The summed E-state index contributed by atoms with van der Waals surface area (Å²) in [5.41, 5.74) is 1.38. The summed E-state index contributed by atoms with van der Waals surface area (Å²) < 4.78 is 26.5. The van der Waals surface area contributed by atoms with Crippen molar-refractivity contribution in [1.29, 1.82) is 0 Å². The van der Waals surface area contributed by atoms with Crippen molar-refractivity contribution in [2.24, 2.45) is 0 Å². The van der Waals surface area contributed by atoms with Crippen LogP contribution in [-0.4, -0.2) is 50.5 Å². The van der Waals surface area contributed by atoms with Gasteiger partial charge >= 0.3 is 0 Å². The highest BCUT2D eigenvalue weighted by molar-refractivity contribution is 7.92. The van der Waals surface area contributed by atoms with Gasteiger partial charge in [0.2, 0.25) is 21.8 Å². The van der Waals surface area contributed by atoms with E-state index in [4.69, 9.17) is 46.4 Å². The molecule has 3 rings (SSSR count). The predicted octanol–water partition coefficient (Wildman–Crippen LogP) is 5.84. The van der Waals surface area contributed by atoms with Gasteiger partial charge < -0.3 is 10.2 Å². The van der Waals surface area contributed by atoms with Gasteiger partial charge in [-0.3, -0.25) is 13.9 Å². The maximum atomic E-state index is 14.0. The third kappa shape index (κ3) is 8.25. The number of carbonyl (C=O) groups is 2. The molecule has 39 heavy (non-hydrogen) atoms. The van der Waals surface area contributed by atoms with E-state index >= 15 is 0 Å². The van der Waals surface area contributed by atoms with Gasteiger partial charge in [-0.05, 0) is 42.8 Å². The third-order valence-corrected chi connectivity index (χ3v) is 8.47. The molecule has 0 saturated heterocycles. The largest absolute Gasteiger partial charge is 0.355 e. The summed E-state index contributed by atoms with van der Waals surface area (Å²) >= 11 is 25.0. The van der Waals surface area contributed by atoms with E-state index < -0.39 is 34.4 Å². The van der Waals surface area contributed by atoms with Gasteiger partial charge in [0.05, 0.1) is 22.0 Å². The molecule has 1 N–H and O–H groups in total. The van der Waals surface area contributed by atoms with Gasteiger partial charge in [-0.1, -0.05) is 82.8 Å². The maximum Gasteiger partial charge on any atom is 0.244 e. The number of benzene rings is 3. The van der Waals surface area contributed by atoms with Crippen LogP contribution >= 0.6 is 46.4 Å². The zero-order chi connectivity index (χ0) is 28.7. The SMILES string of the molecule is CCNC(=O)[C@H](Cc1ccccc1)N(Cc1c(Cl)cccc1Cl)C(=O)CN(c1ccc(Cl)c(Cl)c1)S(C)(=O)=O. The van der Waals surface area contributed by atoms with Crippen LogP contribution in [0.5, 0.6) is 0 Å². The molecule has 0 saturated carbocycles. The number of carbonyl (C=O) groups excluding carboxylic acids is 2. The number of nitrogens with zero attached hydrogens (tertiary/aromatic N) is 2. The second-order valence-corrected chi connectivity index (χ2v) is 12.2. The Morgan fingerprint density at radius 1 is 0.872 bits per heavy atom. The molecule has 208 valence electrons. The Kier molecular flexibility index (Phi) is 10.9. The van der Waals surface area contributed by atoms with Gasteiger partial charge in [0, 0.05) is 35.1 Å². The number of likely N-dealkylation sites (N-methyl/N-ethyl adjacent to an activating group) is 1. The standard InChI is InChI=1S/C27H27Cl4N3O4S/c1-3-32-27(36)25(14-18-8-5-4-6-9-18)33(16-20-21(28)10-7-11-22(20)29)26(35)17-34(39(2,37)38)19-12-13-23(30)24(31)15-19/h4-13,15,25H,3,14,16-17H2,1-2H3,(H,32,36)/t25-/m0/s1. The Balaban J connectivity index is 2.09. The van der Waals surface area contributed by atoms with Crippen LogP contribution in [0, 0.1) is 0 Å². The average molecular weight is 631 g/mol. The van der Waals surface area contributed by atoms with E-state index in [1.165, 1.54) is 23.1 Å². The Hall–Kier alpha value is -2.49. The van der Waals surface area contributed by atoms with Crippen LogP contribution in [0.4, 0.5) is 5.69 Å². The van der Waals surface area contributed by atoms with Crippen molar-refractivity contribution >= 4 is 73.9 Å². The minimum Gasteiger partial charge on any atom is -0.355 e. The highest BCUT2D eigenvalue weighted by Gasteiger charge is 2.33. The molecule has 7 nitrogen and oxygen atoms in total. The van der Waals surface area contributed by atoms with E-state index in [9.17, 15) is 18.0 Å². The molecule has 2 amide bonds. The van der Waals surface area contributed by atoms with Crippen LogP contribution in [-0.2, 0) is 32.6 Å². The van der Waals surface area contributed by atoms with Crippen LogP contribution in [0.3, 0.4) is 0 Å². The van der Waals surface area contributed by atoms with Crippen LogP contribution in [0.15, 0.2) is 66.7 Å². The second-order valence-electron chi connectivity index (χ2n) is 8.69. The molecule has 0 aliphatic carbocycles. The lowest BCUT2D eigenvalue weighted by molar-refractivity contribution is -0.140. The molecule has 0 aromatic heterocycles. The van der Waals surface area contributed by atoms with Crippen molar-refractivity contribution in [3.63, 3.8) is 0 Å². The fourth-order valence-corrected chi connectivity index (χ4v) is 5.60. The Labute approximate surface area is 248 Å². The molecule has 3 aromatic rings. The third-order valence-electron chi connectivity index (χ3n) is 5.88. The first-order chi connectivity index (χ1) is 18.4. The molecule has 12 heteroatoms. The number of nitrogens with one attached hydrogen (secondary N) is 1. The van der Waals surface area contributed by atoms with Crippen molar-refractivity contribution in [2.75, 3.05) is 23.7 Å². The number of amides is 2. The minimum atomic E-state index is -3.95. The van der Waals surface area contributed by atoms with Crippen molar-refractivity contribution in [1.82, 2.24) is 10.2 Å². The number of hydrogen-bond donors (Lipinski definition) is 1. The lowest BCUT2D eigenvalue weighted by atomic mass is 10.0. The summed E-state index contributed by atoms with van der Waals surface area (Å²) in [5, 5.41) is 3.75. The number of anilines is 1. The van der Waals surface area contributed by atoms with Gasteiger partial charge in [0.25, 0.3) is 0 Å². The van der Waals surface area contributed by atoms with Gasteiger partial charge in [-0.25, -0.2) is 8.42 Å². The van der Waals surface area contributed by atoms with E-state index in [1.807, 2.05) is 30.3 Å². The highest BCUT2D eigenvalue weighted by Crippen LogP contribution is 2.30. The molecule has 0 radical (unpaired) electrons. The van der Waals surface area contributed by atoms with Gasteiger partial charge in [0.1, 0.15) is 12.6 Å². The fourth-order valence-electron chi connectivity index (χ4n) is 3.95. The Morgan fingerprint density at radius 3 is 2.08 bits per heavy atom. The maximum absolute atomic E-state index is 14.0. The molecular formula is C27H27Cl4N3O4S. The molecule has 0 bridgehead atoms. The zero-order valence-corrected chi connectivity index (χ0v) is 25.0. The Morgan fingerprint density at radius 2 is 1.51 bits per heavy atom. The summed E-state index contributed by atoms with van der Waals surface area (Å²) in [6.45, 7) is 1.36. The quantitative estimate of drug-likeness (QED) is 0.288. The molecule has 0 unspecified atom stereocenters. The molecule has 0 aliphatic rings. The summed E-state index contributed by atoms with van der Waals surface area (Å²) in [4.78, 5) is 28.6. The number of sulfonamides is 1. The average Bonchev–Trinajstić information content (AvgIpc) is 2.88. The highest BCUT2D eigenvalue weighted by atomic mass is 35.5. The molecular weight excluding hydrogens is 604 g/mol. The topological polar surface area (TPSA) is 86.8 Å². The minimum absolute atomic E-state index is 0.124. The van der Waals surface area contributed by atoms with Gasteiger partial charge in [-0.15, -0.1) is 0 Å². The lowest BCUT2D eigenvalue weighted by Crippen LogP contribution is -2.53. The summed E-state index contributed by atoms with van der Waals surface area (Å²) in [7, 11) is -3.95. The first kappa shape index (κ1) is 31.0. The van der Waals surface area contributed by atoms with Crippen molar-refractivity contribution in [3.8, 4) is 0 Å². The normalized spacial score (nSPS) is 12.1. The summed E-state index contributed by atoms with van der Waals surface area (Å²) in [6.07, 6.45) is 1.15. The lowest BCUT2D eigenvalue weighted by Gasteiger charge is -2.33. The molecule has 3 aromatic carbocycles. The molecule has 1 atom stereocenters. The van der Waals surface area contributed by atoms with E-state index in [2.05, 4.69) is 5.32 Å². The first-order valence-corrected chi connectivity index (χ1v) is 15.2. The van der Waals surface area contributed by atoms with Crippen molar-refractivity contribution in [2.45, 2.75) is 25.9 Å². The monoisotopic (exact) mass is 629 g/mol. The number of rotatable bonds is 11. The summed E-state index contributed by atoms with van der Waals surface area (Å²) in [5.74, 6) is -1.05. The first-order valence-electron chi connectivity index (χ1n) is 11.9. The van der Waals surface area contributed by atoms with Gasteiger partial charge in [0.15, 0.2) is 0 Å². The Bertz CT molecular complexity index is 1420. The fraction of sp³-hybridized carbons (Fsp3) is 0.259. The zero-order valence-electron chi connectivity index (χ0n) is 21.2. The van der Waals surface area contributed by atoms with Crippen LogP contribution in [0.25, 0.3) is 0 Å². The van der Waals surface area contributed by atoms with Crippen LogP contribution in [0.2, 0.25) is 20.1 Å². The molecule has 0 fully saturated rings. The van der Waals surface area contributed by atoms with Crippen molar-refractivity contribution in [3.05, 3.63) is 97.9 Å². The van der Waals surface area contributed by atoms with Crippen LogP contribution in [0.1, 0.15) is 18.1 Å². The number of halogens is 4. The van der Waals surface area contributed by atoms with Gasteiger partial charge in [-0.2, -0.15) is 0 Å². The smallest absolute Gasteiger partial charge is 0.244 e. The van der Waals surface area contributed by atoms with E-state index in [1.54, 1.807) is 25.1 Å². The van der Waals surface area contributed by atoms with Crippen LogP contribution < -0.4 is 9.62 Å². The summed E-state index contributed by atoms with van der Waals surface area (Å²) in [6, 6.07) is 17.4. The number of hydrogen-bond acceptors (Lipinski definition) is 4. The molecule has 0 spiro atoms. The van der Waals surface area contributed by atoms with E-state index in [-0.39, 0.29) is 28.7 Å². The van der Waals surface area contributed by atoms with Crippen molar-refractivity contribution < 1.29 is 18.0 Å². The second kappa shape index (κ2) is 13.7. The predicted molar refractivity (Wildman–Crippen MR) is 158 cm³/mol. The molecule has 0 aliphatic heterocycles.